The Morgan fingerprint density at radius 2 is 2.33 bits per heavy atom. The summed E-state index contributed by atoms with van der Waals surface area (Å²) in [6.45, 7) is 3.19. The fourth-order valence-corrected chi connectivity index (χ4v) is 1.82. The minimum absolute atomic E-state index is 0.209. The van der Waals surface area contributed by atoms with E-state index in [1.807, 2.05) is 18.2 Å². The lowest BCUT2D eigenvalue weighted by Crippen LogP contribution is -2.34. The molecule has 1 unspecified atom stereocenters. The number of rotatable bonds is 4. The van der Waals surface area contributed by atoms with Gasteiger partial charge in [0.2, 0.25) is 0 Å². The van der Waals surface area contributed by atoms with Crippen LogP contribution in [-0.2, 0) is 6.42 Å². The predicted octanol–water partition coefficient (Wildman–Crippen LogP) is 0.960. The third-order valence-corrected chi connectivity index (χ3v) is 2.53. The summed E-state index contributed by atoms with van der Waals surface area (Å²) in [4.78, 5) is 0. The smallest absolute Gasteiger partial charge is 0.123 e. The first-order chi connectivity index (χ1) is 7.25. The van der Waals surface area contributed by atoms with Crippen molar-refractivity contribution in [2.45, 2.75) is 25.6 Å². The Labute approximate surface area is 90.1 Å². The van der Waals surface area contributed by atoms with Gasteiger partial charge in [0, 0.05) is 19.5 Å². The van der Waals surface area contributed by atoms with Gasteiger partial charge in [0.15, 0.2) is 0 Å². The highest BCUT2D eigenvalue weighted by Crippen LogP contribution is 2.27. The van der Waals surface area contributed by atoms with Crippen molar-refractivity contribution in [1.29, 1.82) is 0 Å². The lowest BCUT2D eigenvalue weighted by molar-refractivity contribution is 0.177. The fraction of sp³-hybridized carbons (Fsp3) is 0.500. The fourth-order valence-electron chi connectivity index (χ4n) is 1.82. The Hall–Kier alpha value is -1.06. The van der Waals surface area contributed by atoms with Crippen LogP contribution in [0.15, 0.2) is 24.3 Å². The van der Waals surface area contributed by atoms with Gasteiger partial charge in [-0.15, -0.1) is 0 Å². The van der Waals surface area contributed by atoms with Crippen molar-refractivity contribution in [3.63, 3.8) is 0 Å². The maximum Gasteiger partial charge on any atom is 0.123 e. The Morgan fingerprint density at radius 3 is 3.07 bits per heavy atom. The number of para-hydroxylation sites is 1. The number of fused-ring (bicyclic) bond motifs is 1. The maximum atomic E-state index is 9.10. The molecule has 0 spiro atoms. The zero-order chi connectivity index (χ0) is 10.7. The first-order valence-corrected chi connectivity index (χ1v) is 5.39. The highest BCUT2D eigenvalue weighted by molar-refractivity contribution is 5.37. The van der Waals surface area contributed by atoms with Crippen molar-refractivity contribution in [1.82, 2.24) is 5.32 Å². The Bertz CT molecular complexity index is 300. The van der Waals surface area contributed by atoms with Crippen LogP contribution in [0.1, 0.15) is 12.5 Å². The molecule has 1 aromatic rings. The summed E-state index contributed by atoms with van der Waals surface area (Å²) in [7, 11) is 0. The van der Waals surface area contributed by atoms with Gasteiger partial charge in [0.05, 0.1) is 6.10 Å². The number of aliphatic hydroxyl groups is 1. The predicted molar refractivity (Wildman–Crippen MR) is 59.1 cm³/mol. The largest absolute Gasteiger partial charge is 0.488 e. The number of aliphatic hydroxyl groups excluding tert-OH is 1. The second-order valence-corrected chi connectivity index (χ2v) is 4.06. The third kappa shape index (κ3) is 2.70. The quantitative estimate of drug-likeness (QED) is 0.772. The molecule has 1 aliphatic heterocycles. The molecule has 1 heterocycles. The van der Waals surface area contributed by atoms with E-state index >= 15 is 0 Å². The molecule has 82 valence electrons. The van der Waals surface area contributed by atoms with Crippen LogP contribution in [0.4, 0.5) is 0 Å². The topological polar surface area (TPSA) is 41.5 Å². The van der Waals surface area contributed by atoms with Crippen molar-refractivity contribution < 1.29 is 9.84 Å². The van der Waals surface area contributed by atoms with Gasteiger partial charge in [-0.2, -0.15) is 0 Å². The van der Waals surface area contributed by atoms with Crippen LogP contribution in [0.3, 0.4) is 0 Å². The van der Waals surface area contributed by atoms with E-state index in [-0.39, 0.29) is 12.2 Å². The van der Waals surface area contributed by atoms with Crippen LogP contribution in [-0.4, -0.2) is 30.4 Å². The van der Waals surface area contributed by atoms with Gasteiger partial charge in [-0.1, -0.05) is 18.2 Å². The zero-order valence-electron chi connectivity index (χ0n) is 8.94. The number of ether oxygens (including phenoxy) is 1. The minimum Gasteiger partial charge on any atom is -0.488 e. The van der Waals surface area contributed by atoms with Crippen molar-refractivity contribution in [3.8, 4) is 5.75 Å². The minimum atomic E-state index is -0.297. The summed E-state index contributed by atoms with van der Waals surface area (Å²) in [5.41, 5.74) is 1.28. The molecular weight excluding hydrogens is 190 g/mol. The van der Waals surface area contributed by atoms with Crippen LogP contribution in [0.5, 0.6) is 5.75 Å². The number of nitrogens with one attached hydrogen (secondary N) is 1. The molecule has 1 aliphatic rings. The molecule has 1 aromatic carbocycles. The van der Waals surface area contributed by atoms with Crippen molar-refractivity contribution in [3.05, 3.63) is 29.8 Å². The molecule has 2 N–H and O–H groups in total. The first-order valence-electron chi connectivity index (χ1n) is 5.39. The number of benzene rings is 1. The summed E-state index contributed by atoms with van der Waals surface area (Å²) in [6, 6.07) is 8.13. The van der Waals surface area contributed by atoms with Gasteiger partial charge in [0.1, 0.15) is 11.9 Å². The van der Waals surface area contributed by atoms with Crippen molar-refractivity contribution >= 4 is 0 Å². The summed E-state index contributed by atoms with van der Waals surface area (Å²) >= 11 is 0. The monoisotopic (exact) mass is 207 g/mol. The van der Waals surface area contributed by atoms with E-state index in [9.17, 15) is 0 Å². The summed E-state index contributed by atoms with van der Waals surface area (Å²) < 4.78 is 5.74. The normalized spacial score (nSPS) is 20.8. The molecule has 0 aromatic heterocycles. The second-order valence-electron chi connectivity index (χ2n) is 4.06. The SMILES string of the molecule is C[C@H](O)CNCC1Cc2ccccc2O1. The van der Waals surface area contributed by atoms with E-state index in [4.69, 9.17) is 9.84 Å². The molecule has 15 heavy (non-hydrogen) atoms. The molecule has 3 heteroatoms. The van der Waals surface area contributed by atoms with Crippen LogP contribution in [0.2, 0.25) is 0 Å². The molecule has 0 radical (unpaired) electrons. The summed E-state index contributed by atoms with van der Waals surface area (Å²) in [5.74, 6) is 1.00. The van der Waals surface area contributed by atoms with Crippen LogP contribution < -0.4 is 10.1 Å². The van der Waals surface area contributed by atoms with Gasteiger partial charge < -0.3 is 15.2 Å². The van der Waals surface area contributed by atoms with E-state index in [1.165, 1.54) is 5.56 Å². The van der Waals surface area contributed by atoms with Gasteiger partial charge in [-0.25, -0.2) is 0 Å². The van der Waals surface area contributed by atoms with E-state index in [1.54, 1.807) is 6.92 Å². The maximum absolute atomic E-state index is 9.10. The summed E-state index contributed by atoms with van der Waals surface area (Å²) in [5, 5.41) is 12.3. The highest BCUT2D eigenvalue weighted by atomic mass is 16.5. The average molecular weight is 207 g/mol. The van der Waals surface area contributed by atoms with Crippen molar-refractivity contribution in [2.24, 2.45) is 0 Å². The van der Waals surface area contributed by atoms with Gasteiger partial charge in [0.25, 0.3) is 0 Å². The number of hydrogen-bond acceptors (Lipinski definition) is 3. The van der Waals surface area contributed by atoms with Crippen molar-refractivity contribution in [2.75, 3.05) is 13.1 Å². The molecule has 0 amide bonds. The first kappa shape index (κ1) is 10.5. The summed E-state index contributed by atoms with van der Waals surface area (Å²) in [6.07, 6.45) is 0.873. The average Bonchev–Trinajstić information content (AvgIpc) is 2.59. The molecule has 0 saturated heterocycles. The lowest BCUT2D eigenvalue weighted by Gasteiger charge is -2.12. The molecule has 0 bridgehead atoms. The molecule has 2 rings (SSSR count). The Morgan fingerprint density at radius 1 is 1.53 bits per heavy atom. The molecule has 2 atom stereocenters. The third-order valence-electron chi connectivity index (χ3n) is 2.53. The van der Waals surface area contributed by atoms with E-state index in [0.29, 0.717) is 6.54 Å². The zero-order valence-corrected chi connectivity index (χ0v) is 8.94. The second kappa shape index (κ2) is 4.64. The molecule has 3 nitrogen and oxygen atoms in total. The van der Waals surface area contributed by atoms with Crippen LogP contribution >= 0.6 is 0 Å². The Kier molecular flexibility index (Phi) is 3.23. The molecule has 0 saturated carbocycles. The molecular formula is C12H17NO2. The highest BCUT2D eigenvalue weighted by Gasteiger charge is 2.21. The van der Waals surface area contributed by atoms with Gasteiger partial charge in [-0.05, 0) is 18.6 Å². The van der Waals surface area contributed by atoms with Gasteiger partial charge in [-0.3, -0.25) is 0 Å². The van der Waals surface area contributed by atoms with Crippen LogP contribution in [0, 0.1) is 0 Å². The Balaban J connectivity index is 1.80. The number of hydrogen-bond donors (Lipinski definition) is 2. The standard InChI is InChI=1S/C12H17NO2/c1-9(14)7-13-8-11-6-10-4-2-3-5-12(10)15-11/h2-5,9,11,13-14H,6-8H2,1H3/t9-,11?/m0/s1. The van der Waals surface area contributed by atoms with E-state index in [0.717, 1.165) is 18.7 Å². The molecule has 0 aliphatic carbocycles. The van der Waals surface area contributed by atoms with Crippen LogP contribution in [0.25, 0.3) is 0 Å². The van der Waals surface area contributed by atoms with Gasteiger partial charge >= 0.3 is 0 Å². The van der Waals surface area contributed by atoms with E-state index < -0.39 is 0 Å². The molecule has 0 fully saturated rings. The lowest BCUT2D eigenvalue weighted by atomic mass is 10.1. The van der Waals surface area contributed by atoms with E-state index in [2.05, 4.69) is 11.4 Å².